The van der Waals surface area contributed by atoms with Crippen molar-refractivity contribution in [2.75, 3.05) is 26.6 Å². The number of carbonyl (C=O) groups excluding carboxylic acids is 4. The topological polar surface area (TPSA) is 207 Å². The maximum absolute atomic E-state index is 12.7. The van der Waals surface area contributed by atoms with Crippen LogP contribution in [0.25, 0.3) is 0 Å². The van der Waals surface area contributed by atoms with Crippen molar-refractivity contribution in [1.82, 2.24) is 19.9 Å². The summed E-state index contributed by atoms with van der Waals surface area (Å²) in [5.41, 5.74) is 5.58. The second-order valence-corrected chi connectivity index (χ2v) is 7.79. The Kier molecular flexibility index (Phi) is 6.73. The number of amides is 3. The summed E-state index contributed by atoms with van der Waals surface area (Å²) in [6.07, 6.45) is 0. The van der Waals surface area contributed by atoms with Crippen LogP contribution in [0.5, 0.6) is 0 Å². The molecular formula is C13H17N5O9S2. The summed E-state index contributed by atoms with van der Waals surface area (Å²) >= 11 is 0.985. The SMILES string of the molecule is COCC(=O)NC(C(=O)N[C@H]1C(=O)N(S(=O)(=O)O)[C@H]1C(=O)OC)c1csc(N)n1. The van der Waals surface area contributed by atoms with Gasteiger partial charge in [-0.1, -0.05) is 0 Å². The number of carbonyl (C=O) groups is 4. The van der Waals surface area contributed by atoms with Crippen LogP contribution in [0.2, 0.25) is 0 Å². The van der Waals surface area contributed by atoms with Crippen LogP contribution in [0.3, 0.4) is 0 Å². The van der Waals surface area contributed by atoms with Gasteiger partial charge in [0.05, 0.1) is 12.8 Å². The van der Waals surface area contributed by atoms with E-state index in [-0.39, 0.29) is 21.7 Å². The molecule has 3 atom stereocenters. The van der Waals surface area contributed by atoms with Gasteiger partial charge in [-0.3, -0.25) is 18.9 Å². The van der Waals surface area contributed by atoms with E-state index in [9.17, 15) is 27.6 Å². The minimum atomic E-state index is -5.07. The molecular weight excluding hydrogens is 434 g/mol. The van der Waals surface area contributed by atoms with Crippen molar-refractivity contribution in [1.29, 1.82) is 0 Å². The number of hydrogen-bond donors (Lipinski definition) is 4. The van der Waals surface area contributed by atoms with E-state index in [0.717, 1.165) is 18.4 Å². The first kappa shape index (κ1) is 22.5. The van der Waals surface area contributed by atoms with E-state index in [4.69, 9.17) is 10.3 Å². The van der Waals surface area contributed by atoms with Gasteiger partial charge in [-0.15, -0.1) is 11.3 Å². The number of nitrogen functional groups attached to an aromatic ring is 1. The molecule has 160 valence electrons. The molecule has 1 aromatic heterocycles. The Bertz CT molecular complexity index is 931. The number of aromatic nitrogens is 1. The molecule has 14 nitrogen and oxygen atoms in total. The summed E-state index contributed by atoms with van der Waals surface area (Å²) in [5.74, 6) is -4.13. The molecule has 0 spiro atoms. The smallest absolute Gasteiger partial charge is 0.363 e. The molecule has 16 heteroatoms. The Morgan fingerprint density at radius 1 is 1.41 bits per heavy atom. The van der Waals surface area contributed by atoms with E-state index in [1.54, 1.807) is 0 Å². The summed E-state index contributed by atoms with van der Waals surface area (Å²) in [4.78, 5) is 52.3. The van der Waals surface area contributed by atoms with E-state index >= 15 is 0 Å². The van der Waals surface area contributed by atoms with Gasteiger partial charge in [0, 0.05) is 12.5 Å². The van der Waals surface area contributed by atoms with Gasteiger partial charge in [0.2, 0.25) is 11.8 Å². The number of methoxy groups -OCH3 is 2. The van der Waals surface area contributed by atoms with Gasteiger partial charge in [0.15, 0.2) is 17.2 Å². The lowest BCUT2D eigenvalue weighted by atomic mass is 9.98. The number of thiazole rings is 1. The third-order valence-corrected chi connectivity index (χ3v) is 5.32. The first-order valence-electron chi connectivity index (χ1n) is 7.69. The van der Waals surface area contributed by atoms with Gasteiger partial charge in [0.25, 0.3) is 5.91 Å². The van der Waals surface area contributed by atoms with E-state index in [2.05, 4.69) is 25.1 Å². The van der Waals surface area contributed by atoms with E-state index in [1.165, 1.54) is 12.5 Å². The van der Waals surface area contributed by atoms with Gasteiger partial charge in [0.1, 0.15) is 12.6 Å². The van der Waals surface area contributed by atoms with Gasteiger partial charge >= 0.3 is 16.3 Å². The second kappa shape index (κ2) is 8.68. The van der Waals surface area contributed by atoms with Crippen molar-refractivity contribution in [2.45, 2.75) is 18.1 Å². The first-order valence-corrected chi connectivity index (χ1v) is 9.97. The molecule has 1 fully saturated rings. The number of nitrogens with two attached hydrogens (primary N) is 1. The molecule has 1 saturated heterocycles. The molecule has 1 aromatic rings. The first-order chi connectivity index (χ1) is 13.5. The fourth-order valence-electron chi connectivity index (χ4n) is 2.49. The van der Waals surface area contributed by atoms with Crippen LogP contribution in [0.15, 0.2) is 5.38 Å². The van der Waals surface area contributed by atoms with Crippen molar-refractivity contribution in [2.24, 2.45) is 0 Å². The fourth-order valence-corrected chi connectivity index (χ4v) is 3.91. The Balaban J connectivity index is 2.26. The molecule has 5 N–H and O–H groups in total. The molecule has 29 heavy (non-hydrogen) atoms. The van der Waals surface area contributed by atoms with Crippen molar-refractivity contribution in [3.05, 3.63) is 11.1 Å². The molecule has 0 bridgehead atoms. The van der Waals surface area contributed by atoms with Crippen molar-refractivity contribution in [3.8, 4) is 0 Å². The average molecular weight is 451 g/mol. The van der Waals surface area contributed by atoms with Crippen LogP contribution >= 0.6 is 11.3 Å². The van der Waals surface area contributed by atoms with Crippen LogP contribution < -0.4 is 16.4 Å². The molecule has 0 radical (unpaired) electrons. The van der Waals surface area contributed by atoms with Crippen LogP contribution in [-0.4, -0.2) is 78.9 Å². The molecule has 1 aliphatic rings. The lowest BCUT2D eigenvalue weighted by Gasteiger charge is -2.42. The highest BCUT2D eigenvalue weighted by molar-refractivity contribution is 7.84. The van der Waals surface area contributed by atoms with Crippen molar-refractivity contribution >= 4 is 50.5 Å². The Morgan fingerprint density at radius 2 is 2.07 bits per heavy atom. The summed E-state index contributed by atoms with van der Waals surface area (Å²) < 4.78 is 40.7. The molecule has 3 amide bonds. The van der Waals surface area contributed by atoms with E-state index in [1.807, 2.05) is 0 Å². The highest BCUT2D eigenvalue weighted by atomic mass is 32.2. The molecule has 1 unspecified atom stereocenters. The average Bonchev–Trinajstić information content (AvgIpc) is 3.06. The maximum atomic E-state index is 12.7. The van der Waals surface area contributed by atoms with Crippen molar-refractivity contribution < 1.29 is 41.6 Å². The van der Waals surface area contributed by atoms with Gasteiger partial charge in [-0.05, 0) is 0 Å². The predicted molar refractivity (Wildman–Crippen MR) is 95.4 cm³/mol. The number of β-lactam (4-membered cyclic amide) rings is 1. The number of hydrogen-bond acceptors (Lipinski definition) is 11. The Morgan fingerprint density at radius 3 is 2.55 bits per heavy atom. The molecule has 1 aliphatic heterocycles. The molecule has 0 aliphatic carbocycles. The number of nitrogens with zero attached hydrogens (tertiary/aromatic N) is 2. The third-order valence-electron chi connectivity index (χ3n) is 3.72. The van der Waals surface area contributed by atoms with Crippen LogP contribution in [-0.2, 0) is 39.0 Å². The monoisotopic (exact) mass is 451 g/mol. The number of esters is 1. The van der Waals surface area contributed by atoms with Gasteiger partial charge in [-0.2, -0.15) is 12.7 Å². The number of nitrogens with one attached hydrogen (secondary N) is 2. The molecule has 2 heterocycles. The largest absolute Gasteiger partial charge is 0.467 e. The fraction of sp³-hybridized carbons (Fsp3) is 0.462. The van der Waals surface area contributed by atoms with Crippen LogP contribution in [0.4, 0.5) is 5.13 Å². The predicted octanol–water partition coefficient (Wildman–Crippen LogP) is -2.80. The molecule has 0 aromatic carbocycles. The number of rotatable bonds is 8. The number of ether oxygens (including phenoxy) is 2. The Labute approximate surface area is 168 Å². The van der Waals surface area contributed by atoms with Gasteiger partial charge in [-0.25, -0.2) is 9.78 Å². The standard InChI is InChI=1S/C13H17N5O9S2/c1-26-3-6(19)16-7(5-4-28-13(14)15-5)10(20)17-8-9(12(22)27-2)18(11(8)21)29(23,24)25/h4,7-9H,3H2,1-2H3,(H2,14,15)(H,16,19)(H,17,20)(H,23,24,25)/t7?,8-,9-/m1/s1. The minimum Gasteiger partial charge on any atom is -0.467 e. The highest BCUT2D eigenvalue weighted by Gasteiger charge is 2.58. The maximum Gasteiger partial charge on any atom is 0.363 e. The minimum absolute atomic E-state index is 0.0440. The third kappa shape index (κ3) is 4.78. The molecule has 2 rings (SSSR count). The highest BCUT2D eigenvalue weighted by Crippen LogP contribution is 2.26. The Hall–Kier alpha value is -2.82. The molecule has 0 saturated carbocycles. The lowest BCUT2D eigenvalue weighted by molar-refractivity contribution is -0.162. The zero-order chi connectivity index (χ0) is 21.9. The summed E-state index contributed by atoms with van der Waals surface area (Å²) in [7, 11) is -2.88. The summed E-state index contributed by atoms with van der Waals surface area (Å²) in [6, 6.07) is -4.89. The van der Waals surface area contributed by atoms with Crippen LogP contribution in [0.1, 0.15) is 11.7 Å². The zero-order valence-corrected chi connectivity index (χ0v) is 16.7. The lowest BCUT2D eigenvalue weighted by Crippen LogP contribution is -2.75. The normalized spacial score (nSPS) is 19.8. The van der Waals surface area contributed by atoms with Crippen molar-refractivity contribution in [3.63, 3.8) is 0 Å². The van der Waals surface area contributed by atoms with Crippen LogP contribution in [0, 0.1) is 0 Å². The van der Waals surface area contributed by atoms with E-state index in [0.29, 0.717) is 0 Å². The van der Waals surface area contributed by atoms with E-state index < -0.39 is 52.1 Å². The number of anilines is 1. The zero-order valence-electron chi connectivity index (χ0n) is 15.0. The quantitative estimate of drug-likeness (QED) is 0.180. The van der Waals surface area contributed by atoms with Gasteiger partial charge < -0.3 is 25.8 Å². The second-order valence-electron chi connectivity index (χ2n) is 5.61. The summed E-state index contributed by atoms with van der Waals surface area (Å²) in [5, 5.41) is 5.96. The summed E-state index contributed by atoms with van der Waals surface area (Å²) in [6.45, 7) is -0.382.